The van der Waals surface area contributed by atoms with Crippen LogP contribution in [0.15, 0.2) is 48.7 Å². The highest BCUT2D eigenvalue weighted by molar-refractivity contribution is 6.33. The number of non-ortho nitro benzene ring substituents is 1. The van der Waals surface area contributed by atoms with Gasteiger partial charge in [-0.2, -0.15) is 0 Å². The number of amides is 1. The number of hydrogen-bond acceptors (Lipinski definition) is 4. The van der Waals surface area contributed by atoms with Crippen molar-refractivity contribution in [3.05, 3.63) is 74.9 Å². The van der Waals surface area contributed by atoms with Gasteiger partial charge in [-0.1, -0.05) is 17.7 Å². The molecule has 26 heavy (non-hydrogen) atoms. The topological polar surface area (TPSA) is 97.4 Å². The van der Waals surface area contributed by atoms with Crippen LogP contribution in [0.3, 0.4) is 0 Å². The largest absolute Gasteiger partial charge is 0.387 e. The van der Waals surface area contributed by atoms with Gasteiger partial charge in [0.25, 0.3) is 11.6 Å². The van der Waals surface area contributed by atoms with Gasteiger partial charge < -0.3 is 15.0 Å². The van der Waals surface area contributed by atoms with E-state index >= 15 is 0 Å². The molecule has 8 heteroatoms. The number of carbonyl (C=O) groups is 1. The smallest absolute Gasteiger partial charge is 0.270 e. The molecule has 2 aromatic carbocycles. The molecule has 0 saturated carbocycles. The van der Waals surface area contributed by atoms with Crippen LogP contribution in [0.1, 0.15) is 22.0 Å². The van der Waals surface area contributed by atoms with Crippen molar-refractivity contribution in [1.82, 2.24) is 9.88 Å². The lowest BCUT2D eigenvalue weighted by Gasteiger charge is -2.13. The molecule has 1 amide bonds. The van der Waals surface area contributed by atoms with Crippen molar-refractivity contribution >= 4 is 34.1 Å². The molecule has 2 N–H and O–H groups in total. The van der Waals surface area contributed by atoms with Crippen molar-refractivity contribution in [2.75, 3.05) is 6.54 Å². The molecule has 3 aromatic rings. The van der Waals surface area contributed by atoms with E-state index in [1.54, 1.807) is 6.07 Å². The zero-order valence-corrected chi connectivity index (χ0v) is 14.6. The van der Waals surface area contributed by atoms with Crippen LogP contribution in [0.2, 0.25) is 5.02 Å². The monoisotopic (exact) mass is 373 g/mol. The number of halogens is 1. The third-order valence-corrected chi connectivity index (χ3v) is 4.48. The van der Waals surface area contributed by atoms with Crippen LogP contribution in [-0.2, 0) is 7.05 Å². The maximum absolute atomic E-state index is 12.3. The van der Waals surface area contributed by atoms with Crippen LogP contribution in [-0.4, -0.2) is 27.0 Å². The quantitative estimate of drug-likeness (QED) is 0.530. The Morgan fingerprint density at radius 3 is 2.81 bits per heavy atom. The summed E-state index contributed by atoms with van der Waals surface area (Å²) in [4.78, 5) is 22.5. The van der Waals surface area contributed by atoms with E-state index < -0.39 is 16.9 Å². The van der Waals surface area contributed by atoms with E-state index in [1.807, 2.05) is 36.0 Å². The van der Waals surface area contributed by atoms with E-state index in [-0.39, 0.29) is 22.8 Å². The third kappa shape index (κ3) is 3.54. The first-order chi connectivity index (χ1) is 12.4. The number of nitrogens with zero attached hydrogens (tertiary/aromatic N) is 2. The van der Waals surface area contributed by atoms with Crippen LogP contribution in [0, 0.1) is 10.1 Å². The number of nitro benzene ring substituents is 1. The summed E-state index contributed by atoms with van der Waals surface area (Å²) in [6.07, 6.45) is 1.01. The van der Waals surface area contributed by atoms with Crippen LogP contribution >= 0.6 is 11.6 Å². The second kappa shape index (κ2) is 7.15. The Labute approximate surface area is 154 Å². The lowest BCUT2D eigenvalue weighted by molar-refractivity contribution is -0.384. The van der Waals surface area contributed by atoms with E-state index in [2.05, 4.69) is 5.32 Å². The highest BCUT2D eigenvalue weighted by Gasteiger charge is 2.17. The fraction of sp³-hybridized carbons (Fsp3) is 0.167. The van der Waals surface area contributed by atoms with Crippen LogP contribution in [0.5, 0.6) is 0 Å². The van der Waals surface area contributed by atoms with Gasteiger partial charge in [-0.05, 0) is 35.2 Å². The molecule has 1 atom stereocenters. The highest BCUT2D eigenvalue weighted by Crippen LogP contribution is 2.23. The second-order valence-electron chi connectivity index (χ2n) is 5.89. The van der Waals surface area contributed by atoms with Crippen molar-refractivity contribution in [3.8, 4) is 0 Å². The lowest BCUT2D eigenvalue weighted by Crippen LogP contribution is -2.28. The van der Waals surface area contributed by atoms with Crippen molar-refractivity contribution < 1.29 is 14.8 Å². The normalized spacial score (nSPS) is 12.1. The summed E-state index contributed by atoms with van der Waals surface area (Å²) < 4.78 is 1.97. The predicted octanol–water partition coefficient (Wildman–Crippen LogP) is 3.20. The number of aliphatic hydroxyl groups is 1. The van der Waals surface area contributed by atoms with Gasteiger partial charge >= 0.3 is 0 Å². The summed E-state index contributed by atoms with van der Waals surface area (Å²) >= 11 is 5.95. The zero-order chi connectivity index (χ0) is 18.8. The van der Waals surface area contributed by atoms with Gasteiger partial charge in [0.15, 0.2) is 0 Å². The van der Waals surface area contributed by atoms with E-state index in [1.165, 1.54) is 12.1 Å². The first-order valence-corrected chi connectivity index (χ1v) is 8.20. The molecule has 1 unspecified atom stereocenters. The van der Waals surface area contributed by atoms with Crippen molar-refractivity contribution in [2.45, 2.75) is 6.10 Å². The minimum atomic E-state index is -0.916. The second-order valence-corrected chi connectivity index (χ2v) is 6.30. The Kier molecular flexibility index (Phi) is 4.92. The maximum atomic E-state index is 12.3. The Balaban J connectivity index is 1.72. The van der Waals surface area contributed by atoms with Gasteiger partial charge in [-0.3, -0.25) is 14.9 Å². The molecule has 1 heterocycles. The number of carbonyl (C=O) groups excluding carboxylic acids is 1. The highest BCUT2D eigenvalue weighted by atomic mass is 35.5. The Hall–Kier alpha value is -2.90. The SMILES string of the molecule is Cn1ccc2cc(C(O)CNC(=O)c3cc([N+](=O)[O-])ccc3Cl)ccc21. The number of nitro groups is 1. The summed E-state index contributed by atoms with van der Waals surface area (Å²) in [5, 5.41) is 24.8. The number of aromatic nitrogens is 1. The first-order valence-electron chi connectivity index (χ1n) is 7.82. The molecule has 134 valence electrons. The van der Waals surface area contributed by atoms with Gasteiger partial charge in [-0.25, -0.2) is 0 Å². The third-order valence-electron chi connectivity index (χ3n) is 4.16. The molecule has 0 aliphatic rings. The Morgan fingerprint density at radius 1 is 1.31 bits per heavy atom. The molecule has 0 aliphatic carbocycles. The number of hydrogen-bond donors (Lipinski definition) is 2. The number of benzene rings is 2. The molecule has 0 bridgehead atoms. The van der Waals surface area contributed by atoms with Gasteiger partial charge in [-0.15, -0.1) is 0 Å². The average molecular weight is 374 g/mol. The Bertz CT molecular complexity index is 999. The van der Waals surface area contributed by atoms with Gasteiger partial charge in [0, 0.05) is 37.4 Å². The summed E-state index contributed by atoms with van der Waals surface area (Å²) in [5.41, 5.74) is 1.46. The summed E-state index contributed by atoms with van der Waals surface area (Å²) in [6.45, 7) is -0.0454. The van der Waals surface area contributed by atoms with E-state index in [9.17, 15) is 20.0 Å². The molecule has 0 fully saturated rings. The zero-order valence-electron chi connectivity index (χ0n) is 13.8. The first kappa shape index (κ1) is 17.9. The molecule has 0 radical (unpaired) electrons. The molecule has 3 rings (SSSR count). The standard InChI is InChI=1S/C18H16ClN3O4/c1-21-7-6-11-8-12(2-5-16(11)21)17(23)10-20-18(24)14-9-13(22(25)26)3-4-15(14)19/h2-9,17,23H,10H2,1H3,(H,20,24). The fourth-order valence-electron chi connectivity index (χ4n) is 2.71. The van der Waals surface area contributed by atoms with Gasteiger partial charge in [0.1, 0.15) is 0 Å². The number of aliphatic hydroxyl groups excluding tert-OH is 1. The summed E-state index contributed by atoms with van der Waals surface area (Å²) in [6, 6.07) is 11.1. The molecule has 0 aliphatic heterocycles. The minimum absolute atomic E-state index is 0.00780. The molecular formula is C18H16ClN3O4. The number of rotatable bonds is 5. The van der Waals surface area contributed by atoms with E-state index in [0.717, 1.165) is 17.0 Å². The van der Waals surface area contributed by atoms with Crippen molar-refractivity contribution in [3.63, 3.8) is 0 Å². The van der Waals surface area contributed by atoms with Gasteiger partial charge in [0.2, 0.25) is 0 Å². The van der Waals surface area contributed by atoms with E-state index in [0.29, 0.717) is 5.56 Å². The van der Waals surface area contributed by atoms with Crippen LogP contribution in [0.4, 0.5) is 5.69 Å². The number of nitrogens with one attached hydrogen (secondary N) is 1. The van der Waals surface area contributed by atoms with E-state index in [4.69, 9.17) is 11.6 Å². The van der Waals surface area contributed by atoms with Crippen molar-refractivity contribution in [2.24, 2.45) is 7.05 Å². The fourth-order valence-corrected chi connectivity index (χ4v) is 2.91. The van der Waals surface area contributed by atoms with Crippen molar-refractivity contribution in [1.29, 1.82) is 0 Å². The molecule has 0 spiro atoms. The summed E-state index contributed by atoms with van der Waals surface area (Å²) in [5.74, 6) is -0.585. The molecule has 1 aromatic heterocycles. The Morgan fingerprint density at radius 2 is 2.08 bits per heavy atom. The maximum Gasteiger partial charge on any atom is 0.270 e. The molecule has 0 saturated heterocycles. The molecular weight excluding hydrogens is 358 g/mol. The minimum Gasteiger partial charge on any atom is -0.387 e. The average Bonchev–Trinajstić information content (AvgIpc) is 3.00. The van der Waals surface area contributed by atoms with Crippen LogP contribution < -0.4 is 5.32 Å². The predicted molar refractivity (Wildman–Crippen MR) is 98.3 cm³/mol. The van der Waals surface area contributed by atoms with Gasteiger partial charge in [0.05, 0.1) is 21.6 Å². The molecule has 7 nitrogen and oxygen atoms in total. The lowest BCUT2D eigenvalue weighted by atomic mass is 10.1. The van der Waals surface area contributed by atoms with Crippen LogP contribution in [0.25, 0.3) is 10.9 Å². The number of fused-ring (bicyclic) bond motifs is 1. The number of aryl methyl sites for hydroxylation is 1. The summed E-state index contributed by atoms with van der Waals surface area (Å²) in [7, 11) is 1.93.